The van der Waals surface area contributed by atoms with Crippen LogP contribution in [0.3, 0.4) is 0 Å². The average molecular weight is 663 g/mol. The Bertz CT molecular complexity index is 2390. The number of amidine groups is 1. The number of nitrogens with zero attached hydrogens (tertiary/aromatic N) is 6. The zero-order valence-corrected chi connectivity index (χ0v) is 27.7. The number of rotatable bonds is 8. The lowest BCUT2D eigenvalue weighted by Crippen LogP contribution is -2.22. The Hall–Kier alpha value is -6.12. The molecule has 3 aromatic carbocycles. The molecule has 0 amide bonds. The molecule has 50 heavy (non-hydrogen) atoms. The molecule has 0 spiro atoms. The lowest BCUT2D eigenvalue weighted by molar-refractivity contribution is -0.141. The summed E-state index contributed by atoms with van der Waals surface area (Å²) in [5, 5.41) is 27.2. The van der Waals surface area contributed by atoms with Crippen molar-refractivity contribution in [2.45, 2.75) is 26.8 Å². The number of fused-ring (bicyclic) bond motifs is 2. The van der Waals surface area contributed by atoms with Gasteiger partial charge in [0.25, 0.3) is 0 Å². The quantitative estimate of drug-likeness (QED) is 0.163. The second-order valence-electron chi connectivity index (χ2n) is 12.9. The van der Waals surface area contributed by atoms with E-state index < -0.39 is 5.97 Å². The number of nitriles is 1. The minimum Gasteiger partial charge on any atom is -0.481 e. The summed E-state index contributed by atoms with van der Waals surface area (Å²) in [6.07, 6.45) is 4.24. The van der Waals surface area contributed by atoms with E-state index in [4.69, 9.17) is 14.4 Å². The molecule has 11 heteroatoms. The minimum absolute atomic E-state index is 0.362. The van der Waals surface area contributed by atoms with Gasteiger partial charge in [0.15, 0.2) is 11.4 Å². The van der Waals surface area contributed by atoms with Crippen LogP contribution in [0, 0.1) is 31.1 Å². The molecule has 1 fully saturated rings. The monoisotopic (exact) mass is 662 g/mol. The van der Waals surface area contributed by atoms with Gasteiger partial charge in [-0.05, 0) is 91.0 Å². The largest absolute Gasteiger partial charge is 0.481 e. The molecule has 6 aromatic rings. The molecule has 2 aliphatic rings. The van der Waals surface area contributed by atoms with E-state index in [0.717, 1.165) is 74.5 Å². The fraction of sp³-hybridized carbons (Fsp3) is 0.231. The van der Waals surface area contributed by atoms with Crippen LogP contribution in [-0.2, 0) is 11.3 Å². The van der Waals surface area contributed by atoms with Crippen molar-refractivity contribution in [3.63, 3.8) is 0 Å². The predicted molar refractivity (Wildman–Crippen MR) is 192 cm³/mol. The molecule has 5 heterocycles. The molecule has 2 aliphatic heterocycles. The number of aliphatic imine (C=N–C) groups is 1. The van der Waals surface area contributed by atoms with Gasteiger partial charge >= 0.3 is 5.97 Å². The van der Waals surface area contributed by atoms with E-state index in [0.29, 0.717) is 54.4 Å². The maximum absolute atomic E-state index is 11.4. The first-order valence-corrected chi connectivity index (χ1v) is 16.7. The number of hydrogen-bond donors (Lipinski definition) is 3. The summed E-state index contributed by atoms with van der Waals surface area (Å²) in [6.45, 7) is 7.49. The van der Waals surface area contributed by atoms with Crippen molar-refractivity contribution in [1.82, 2.24) is 25.2 Å². The van der Waals surface area contributed by atoms with Crippen molar-refractivity contribution >= 4 is 45.3 Å². The summed E-state index contributed by atoms with van der Waals surface area (Å²) in [4.78, 5) is 32.3. The number of oxazole rings is 1. The highest BCUT2D eigenvalue weighted by Gasteiger charge is 2.28. The van der Waals surface area contributed by atoms with Crippen LogP contribution in [0.1, 0.15) is 34.2 Å². The average Bonchev–Trinajstić information content (AvgIpc) is 3.91. The van der Waals surface area contributed by atoms with Crippen LogP contribution >= 0.6 is 0 Å². The second kappa shape index (κ2) is 12.7. The molecular formula is C39H34N8O3. The number of carboxylic acids is 1. The van der Waals surface area contributed by atoms with Crippen molar-refractivity contribution < 1.29 is 14.3 Å². The Morgan fingerprint density at radius 3 is 2.68 bits per heavy atom. The van der Waals surface area contributed by atoms with Gasteiger partial charge in [0.1, 0.15) is 22.9 Å². The molecule has 11 nitrogen and oxygen atoms in total. The van der Waals surface area contributed by atoms with Crippen LogP contribution < -0.4 is 10.6 Å². The number of benzene rings is 3. The first kappa shape index (κ1) is 31.2. The number of aromatic nitrogens is 3. The fourth-order valence-corrected chi connectivity index (χ4v) is 7.04. The number of carboxylic acid groups (broad SMARTS) is 1. The second-order valence-corrected chi connectivity index (χ2v) is 12.9. The van der Waals surface area contributed by atoms with Gasteiger partial charge in [0.2, 0.25) is 5.89 Å². The Balaban J connectivity index is 1.10. The molecule has 1 saturated heterocycles. The van der Waals surface area contributed by atoms with Crippen molar-refractivity contribution in [2.75, 3.05) is 31.5 Å². The summed E-state index contributed by atoms with van der Waals surface area (Å²) in [5.41, 5.74) is 9.98. The van der Waals surface area contributed by atoms with Crippen LogP contribution in [0.25, 0.3) is 44.6 Å². The van der Waals surface area contributed by atoms with Gasteiger partial charge in [-0.25, -0.2) is 9.97 Å². The highest BCUT2D eigenvalue weighted by atomic mass is 16.4. The molecule has 1 atom stereocenters. The van der Waals surface area contributed by atoms with Crippen molar-refractivity contribution in [1.29, 1.82) is 5.26 Å². The SMILES string of the molecule is Cc1c(Nc2nccc3cc(C4=NCCN4)cnc23)cccc1-c1cccc(-c2nc3cc(CN4CC[C@@H](C(=O)O)C4)cc(C#N)c3o2)c1C. The maximum Gasteiger partial charge on any atom is 0.307 e. The predicted octanol–water partition coefficient (Wildman–Crippen LogP) is 6.59. The van der Waals surface area contributed by atoms with Gasteiger partial charge in [0.05, 0.1) is 18.0 Å². The van der Waals surface area contributed by atoms with Crippen LogP contribution in [0.5, 0.6) is 0 Å². The van der Waals surface area contributed by atoms with E-state index in [1.807, 2.05) is 48.7 Å². The molecule has 0 bridgehead atoms. The third-order valence-electron chi connectivity index (χ3n) is 9.69. The molecule has 8 rings (SSSR count). The van der Waals surface area contributed by atoms with Crippen molar-refractivity contribution in [3.05, 3.63) is 101 Å². The van der Waals surface area contributed by atoms with E-state index in [-0.39, 0.29) is 5.92 Å². The third-order valence-corrected chi connectivity index (χ3v) is 9.69. The van der Waals surface area contributed by atoms with Crippen LogP contribution in [0.15, 0.2) is 82.5 Å². The first-order chi connectivity index (χ1) is 24.4. The molecule has 3 N–H and O–H groups in total. The molecule has 3 aromatic heterocycles. The number of nitrogens with one attached hydrogen (secondary N) is 2. The number of pyridine rings is 2. The zero-order valence-electron chi connectivity index (χ0n) is 27.7. The molecule has 0 unspecified atom stereocenters. The van der Waals surface area contributed by atoms with E-state index in [1.165, 1.54) is 0 Å². The normalized spacial score (nSPS) is 16.0. The van der Waals surface area contributed by atoms with Gasteiger partial charge in [0, 0.05) is 54.2 Å². The highest BCUT2D eigenvalue weighted by Crippen LogP contribution is 2.38. The summed E-state index contributed by atoms with van der Waals surface area (Å²) < 4.78 is 6.27. The number of aliphatic carboxylic acids is 1. The topological polar surface area (TPSA) is 153 Å². The van der Waals surface area contributed by atoms with E-state index in [2.05, 4.69) is 63.6 Å². The summed E-state index contributed by atoms with van der Waals surface area (Å²) in [5.74, 6) is 0.857. The van der Waals surface area contributed by atoms with Crippen molar-refractivity contribution in [3.8, 4) is 28.7 Å². The van der Waals surface area contributed by atoms with Crippen LogP contribution in [0.2, 0.25) is 0 Å². The van der Waals surface area contributed by atoms with Gasteiger partial charge in [-0.3, -0.25) is 19.7 Å². The summed E-state index contributed by atoms with van der Waals surface area (Å²) >= 11 is 0. The molecule has 0 aliphatic carbocycles. The van der Waals surface area contributed by atoms with Gasteiger partial charge in [-0.1, -0.05) is 24.3 Å². The number of hydrogen-bond acceptors (Lipinski definition) is 10. The molecule has 248 valence electrons. The Morgan fingerprint density at radius 1 is 1.08 bits per heavy atom. The fourth-order valence-electron chi connectivity index (χ4n) is 7.04. The minimum atomic E-state index is -0.765. The zero-order chi connectivity index (χ0) is 34.4. The van der Waals surface area contributed by atoms with Gasteiger partial charge in [-0.15, -0.1) is 0 Å². The summed E-state index contributed by atoms with van der Waals surface area (Å²) in [7, 11) is 0. The smallest absolute Gasteiger partial charge is 0.307 e. The number of likely N-dealkylation sites (tertiary alicyclic amines) is 1. The highest BCUT2D eigenvalue weighted by molar-refractivity contribution is 6.03. The Kier molecular flexibility index (Phi) is 7.93. The van der Waals surface area contributed by atoms with Gasteiger partial charge < -0.3 is 20.2 Å². The Morgan fingerprint density at radius 2 is 1.90 bits per heavy atom. The summed E-state index contributed by atoms with van der Waals surface area (Å²) in [6, 6.07) is 22.3. The van der Waals surface area contributed by atoms with E-state index in [1.54, 1.807) is 6.20 Å². The van der Waals surface area contributed by atoms with Crippen molar-refractivity contribution in [2.24, 2.45) is 10.9 Å². The lowest BCUT2D eigenvalue weighted by atomic mass is 9.93. The first-order valence-electron chi connectivity index (χ1n) is 16.7. The molecular weight excluding hydrogens is 628 g/mol. The number of anilines is 2. The van der Waals surface area contributed by atoms with E-state index in [9.17, 15) is 15.2 Å². The Labute approximate surface area is 288 Å². The number of carbonyl (C=O) groups is 1. The van der Waals surface area contributed by atoms with Gasteiger partial charge in [-0.2, -0.15) is 5.26 Å². The molecule has 0 saturated carbocycles. The lowest BCUT2D eigenvalue weighted by Gasteiger charge is -2.16. The van der Waals surface area contributed by atoms with E-state index >= 15 is 0 Å². The third kappa shape index (κ3) is 5.69. The maximum atomic E-state index is 11.4. The van der Waals surface area contributed by atoms with Crippen LogP contribution in [-0.4, -0.2) is 62.9 Å². The standard InChI is InChI=1S/C39H34N8O3/c1-22-29(30-6-4-8-32(23(30)2)45-37-34-25(9-11-41-37)17-28(19-44-34)36-42-12-13-43-36)5-3-7-31(22)38-46-33-16-24(15-27(18-40)35(33)50-38)20-47-14-10-26(21-47)39(48)49/h3-9,11,15-17,19,26H,10,12-14,20-21H2,1-2H3,(H,41,45)(H,42,43)(H,48,49)/t26-/m1/s1. The van der Waals surface area contributed by atoms with Crippen LogP contribution in [0.4, 0.5) is 11.5 Å². The molecule has 0 radical (unpaired) electrons.